The maximum absolute atomic E-state index is 6.17. The Morgan fingerprint density at radius 3 is 2.78 bits per heavy atom. The summed E-state index contributed by atoms with van der Waals surface area (Å²) in [6.07, 6.45) is 2.30. The quantitative estimate of drug-likeness (QED) is 0.835. The Labute approximate surface area is 107 Å². The highest BCUT2D eigenvalue weighted by atomic mass is 15.4. The van der Waals surface area contributed by atoms with Crippen molar-refractivity contribution in [2.75, 3.05) is 17.2 Å². The fraction of sp³-hybridized carbons (Fsp3) is 0.357. The summed E-state index contributed by atoms with van der Waals surface area (Å²) in [6.45, 7) is 2.95. The molecule has 0 spiro atoms. The summed E-state index contributed by atoms with van der Waals surface area (Å²) in [5.41, 5.74) is 10.5. The van der Waals surface area contributed by atoms with Gasteiger partial charge < -0.3 is 10.6 Å². The van der Waals surface area contributed by atoms with E-state index in [1.54, 1.807) is 0 Å². The van der Waals surface area contributed by atoms with Gasteiger partial charge in [0.25, 0.3) is 0 Å². The lowest BCUT2D eigenvalue weighted by Crippen LogP contribution is -2.27. The van der Waals surface area contributed by atoms with Gasteiger partial charge in [-0.25, -0.2) is 0 Å². The molecule has 1 aromatic heterocycles. The number of aryl methyl sites for hydroxylation is 3. The van der Waals surface area contributed by atoms with Gasteiger partial charge in [0.05, 0.1) is 11.4 Å². The molecule has 0 radical (unpaired) electrons. The van der Waals surface area contributed by atoms with Gasteiger partial charge in [0.15, 0.2) is 5.82 Å². The molecule has 1 aromatic carbocycles. The van der Waals surface area contributed by atoms with E-state index in [0.717, 1.165) is 36.6 Å². The number of fused-ring (bicyclic) bond motifs is 1. The molecule has 0 atom stereocenters. The molecule has 0 amide bonds. The predicted octanol–water partition coefficient (Wildman–Crippen LogP) is 2.40. The third-order valence-corrected chi connectivity index (χ3v) is 3.60. The number of anilines is 3. The largest absolute Gasteiger partial charge is 0.394 e. The molecule has 4 heteroatoms. The predicted molar refractivity (Wildman–Crippen MR) is 74.1 cm³/mol. The molecule has 2 N–H and O–H groups in total. The Hall–Kier alpha value is -1.97. The van der Waals surface area contributed by atoms with Crippen LogP contribution in [0, 0.1) is 6.92 Å². The zero-order valence-corrected chi connectivity index (χ0v) is 10.8. The standard InChI is InChI=1S/C14H18N4/c1-10-13(15)14(17(2)16-10)18-9-5-7-11-6-3-4-8-12(11)18/h3-4,6,8H,5,7,9,15H2,1-2H3. The van der Waals surface area contributed by atoms with Crippen LogP contribution in [0.25, 0.3) is 0 Å². The number of nitrogens with zero attached hydrogens (tertiary/aromatic N) is 3. The molecule has 18 heavy (non-hydrogen) atoms. The maximum Gasteiger partial charge on any atom is 0.154 e. The van der Waals surface area contributed by atoms with E-state index in [4.69, 9.17) is 5.73 Å². The van der Waals surface area contributed by atoms with E-state index in [1.807, 2.05) is 18.7 Å². The minimum atomic E-state index is 0.786. The Kier molecular flexibility index (Phi) is 2.51. The molecule has 1 aliphatic rings. The molecule has 0 bridgehead atoms. The van der Waals surface area contributed by atoms with Gasteiger partial charge in [-0.2, -0.15) is 5.10 Å². The molecule has 94 valence electrons. The lowest BCUT2D eigenvalue weighted by Gasteiger charge is -2.31. The van der Waals surface area contributed by atoms with Crippen molar-refractivity contribution in [2.24, 2.45) is 7.05 Å². The average Bonchev–Trinajstić information content (AvgIpc) is 2.63. The summed E-state index contributed by atoms with van der Waals surface area (Å²) in [7, 11) is 1.95. The van der Waals surface area contributed by atoms with Crippen LogP contribution in [0.3, 0.4) is 0 Å². The highest BCUT2D eigenvalue weighted by molar-refractivity contribution is 5.75. The average molecular weight is 242 g/mol. The van der Waals surface area contributed by atoms with Gasteiger partial charge >= 0.3 is 0 Å². The van der Waals surface area contributed by atoms with Crippen molar-refractivity contribution in [3.05, 3.63) is 35.5 Å². The highest BCUT2D eigenvalue weighted by Gasteiger charge is 2.23. The van der Waals surface area contributed by atoms with Crippen molar-refractivity contribution in [3.63, 3.8) is 0 Å². The third-order valence-electron chi connectivity index (χ3n) is 3.60. The molecule has 2 aromatic rings. The van der Waals surface area contributed by atoms with Gasteiger partial charge in [-0.05, 0) is 31.4 Å². The minimum Gasteiger partial charge on any atom is -0.394 e. The van der Waals surface area contributed by atoms with E-state index in [-0.39, 0.29) is 0 Å². The molecule has 0 aliphatic carbocycles. The van der Waals surface area contributed by atoms with Gasteiger partial charge in [-0.15, -0.1) is 0 Å². The molecule has 4 nitrogen and oxygen atoms in total. The van der Waals surface area contributed by atoms with Crippen LogP contribution in [0.4, 0.5) is 17.2 Å². The topological polar surface area (TPSA) is 47.1 Å². The van der Waals surface area contributed by atoms with E-state index < -0.39 is 0 Å². The van der Waals surface area contributed by atoms with E-state index in [2.05, 4.69) is 34.3 Å². The van der Waals surface area contributed by atoms with Crippen LogP contribution in [0.5, 0.6) is 0 Å². The Morgan fingerprint density at radius 1 is 1.28 bits per heavy atom. The summed E-state index contributed by atoms with van der Waals surface area (Å²) >= 11 is 0. The number of hydrogen-bond donors (Lipinski definition) is 1. The smallest absolute Gasteiger partial charge is 0.154 e. The summed E-state index contributed by atoms with van der Waals surface area (Å²) in [4.78, 5) is 2.29. The molecule has 0 saturated carbocycles. The Balaban J connectivity index is 2.14. The van der Waals surface area contributed by atoms with Crippen LogP contribution < -0.4 is 10.6 Å². The summed E-state index contributed by atoms with van der Waals surface area (Å²) in [5, 5.41) is 4.41. The molecular formula is C14H18N4. The number of benzene rings is 1. The SMILES string of the molecule is Cc1nn(C)c(N2CCCc3ccccc32)c1N. The lowest BCUT2D eigenvalue weighted by molar-refractivity contribution is 0.704. The van der Waals surface area contributed by atoms with Gasteiger partial charge in [0.1, 0.15) is 0 Å². The fourth-order valence-corrected chi connectivity index (χ4v) is 2.74. The number of para-hydroxylation sites is 1. The Bertz CT molecular complexity index is 585. The summed E-state index contributed by atoms with van der Waals surface area (Å²) in [5.74, 6) is 1.01. The van der Waals surface area contributed by atoms with Crippen molar-refractivity contribution in [3.8, 4) is 0 Å². The Morgan fingerprint density at radius 2 is 2.06 bits per heavy atom. The first-order valence-electron chi connectivity index (χ1n) is 6.33. The number of nitrogen functional groups attached to an aromatic ring is 1. The van der Waals surface area contributed by atoms with Crippen molar-refractivity contribution in [1.82, 2.24) is 9.78 Å². The summed E-state index contributed by atoms with van der Waals surface area (Å²) < 4.78 is 1.88. The normalized spacial score (nSPS) is 14.7. The van der Waals surface area contributed by atoms with Crippen LogP contribution in [-0.2, 0) is 13.5 Å². The van der Waals surface area contributed by atoms with Crippen LogP contribution in [0.15, 0.2) is 24.3 Å². The molecule has 0 unspecified atom stereocenters. The first kappa shape index (κ1) is 11.1. The molecule has 1 aliphatic heterocycles. The fourth-order valence-electron chi connectivity index (χ4n) is 2.74. The number of rotatable bonds is 1. The van der Waals surface area contributed by atoms with Crippen molar-refractivity contribution >= 4 is 17.2 Å². The molecule has 0 saturated heterocycles. The lowest BCUT2D eigenvalue weighted by atomic mass is 10.0. The van der Waals surface area contributed by atoms with Crippen molar-refractivity contribution < 1.29 is 0 Å². The van der Waals surface area contributed by atoms with Crippen molar-refractivity contribution in [1.29, 1.82) is 0 Å². The second kappa shape index (κ2) is 4.05. The van der Waals surface area contributed by atoms with Crippen LogP contribution in [-0.4, -0.2) is 16.3 Å². The van der Waals surface area contributed by atoms with Crippen LogP contribution in [0.2, 0.25) is 0 Å². The summed E-state index contributed by atoms with van der Waals surface area (Å²) in [6, 6.07) is 8.54. The van der Waals surface area contributed by atoms with E-state index in [0.29, 0.717) is 0 Å². The van der Waals surface area contributed by atoms with Crippen LogP contribution in [0.1, 0.15) is 17.7 Å². The molecular weight excluding hydrogens is 224 g/mol. The maximum atomic E-state index is 6.17. The van der Waals surface area contributed by atoms with Crippen molar-refractivity contribution in [2.45, 2.75) is 19.8 Å². The van der Waals surface area contributed by atoms with E-state index in [1.165, 1.54) is 11.3 Å². The zero-order chi connectivity index (χ0) is 12.7. The second-order valence-electron chi connectivity index (χ2n) is 4.83. The first-order valence-corrected chi connectivity index (χ1v) is 6.33. The number of aromatic nitrogens is 2. The molecule has 0 fully saturated rings. The van der Waals surface area contributed by atoms with Crippen LogP contribution >= 0.6 is 0 Å². The number of hydrogen-bond acceptors (Lipinski definition) is 3. The third kappa shape index (κ3) is 1.56. The van der Waals surface area contributed by atoms with E-state index >= 15 is 0 Å². The first-order chi connectivity index (χ1) is 8.68. The van der Waals surface area contributed by atoms with Gasteiger partial charge in [-0.1, -0.05) is 18.2 Å². The molecule has 2 heterocycles. The zero-order valence-electron chi connectivity index (χ0n) is 10.8. The second-order valence-corrected chi connectivity index (χ2v) is 4.83. The van der Waals surface area contributed by atoms with Gasteiger partial charge in [-0.3, -0.25) is 4.68 Å². The van der Waals surface area contributed by atoms with E-state index in [9.17, 15) is 0 Å². The van der Waals surface area contributed by atoms with Gasteiger partial charge in [0, 0.05) is 19.3 Å². The monoisotopic (exact) mass is 242 g/mol. The molecule has 3 rings (SSSR count). The minimum absolute atomic E-state index is 0.786. The van der Waals surface area contributed by atoms with Gasteiger partial charge in [0.2, 0.25) is 0 Å². The number of nitrogens with two attached hydrogens (primary N) is 1. The highest BCUT2D eigenvalue weighted by Crippen LogP contribution is 2.36.